The molecule has 1 saturated carbocycles. The van der Waals surface area contributed by atoms with Gasteiger partial charge in [0.2, 0.25) is 0 Å². The Balaban J connectivity index is 2.71. The van der Waals surface area contributed by atoms with Crippen LogP contribution in [-0.2, 0) is 0 Å². The second kappa shape index (κ2) is 5.17. The maximum absolute atomic E-state index is 9.05. The van der Waals surface area contributed by atoms with Gasteiger partial charge in [0.05, 0.1) is 12.1 Å². The zero-order valence-electron chi connectivity index (χ0n) is 9.79. The Hall–Kier alpha value is -1.02. The lowest BCUT2D eigenvalue weighted by Gasteiger charge is -2.41. The Morgan fingerprint density at radius 1 is 1.33 bits per heavy atom. The van der Waals surface area contributed by atoms with Gasteiger partial charge in [0.25, 0.3) is 0 Å². The number of nitriles is 2. The molecule has 0 N–H and O–H groups in total. The van der Waals surface area contributed by atoms with Crippen molar-refractivity contribution in [3.8, 4) is 12.1 Å². The summed E-state index contributed by atoms with van der Waals surface area (Å²) in [7, 11) is 0. The van der Waals surface area contributed by atoms with E-state index in [1.807, 2.05) is 0 Å². The summed E-state index contributed by atoms with van der Waals surface area (Å²) in [5, 5.41) is 17.7. The second-order valence-corrected chi connectivity index (χ2v) is 5.09. The van der Waals surface area contributed by atoms with Crippen LogP contribution in [0.15, 0.2) is 0 Å². The zero-order valence-corrected chi connectivity index (χ0v) is 9.79. The molecule has 15 heavy (non-hydrogen) atoms. The molecule has 0 heterocycles. The average Bonchev–Trinajstić information content (AvgIpc) is 2.25. The predicted octanol–water partition coefficient (Wildman–Crippen LogP) is 3.65. The Morgan fingerprint density at radius 2 is 2.07 bits per heavy atom. The fourth-order valence-corrected chi connectivity index (χ4v) is 3.09. The van der Waals surface area contributed by atoms with Crippen LogP contribution >= 0.6 is 0 Å². The van der Waals surface area contributed by atoms with Crippen LogP contribution in [0.5, 0.6) is 0 Å². The summed E-state index contributed by atoms with van der Waals surface area (Å²) in [6.45, 7) is 4.43. The van der Waals surface area contributed by atoms with E-state index in [1.165, 1.54) is 6.42 Å². The molecule has 2 heteroatoms. The lowest BCUT2D eigenvalue weighted by molar-refractivity contribution is 0.104. The minimum atomic E-state index is 0.215. The van der Waals surface area contributed by atoms with Gasteiger partial charge < -0.3 is 0 Å². The molecule has 2 nitrogen and oxygen atoms in total. The van der Waals surface area contributed by atoms with E-state index in [-0.39, 0.29) is 11.3 Å². The van der Waals surface area contributed by atoms with E-state index in [2.05, 4.69) is 26.0 Å². The fourth-order valence-electron chi connectivity index (χ4n) is 3.09. The van der Waals surface area contributed by atoms with Crippen molar-refractivity contribution in [3.05, 3.63) is 0 Å². The monoisotopic (exact) mass is 204 g/mol. The topological polar surface area (TPSA) is 47.6 Å². The summed E-state index contributed by atoms with van der Waals surface area (Å²) in [6.07, 6.45) is 5.97. The van der Waals surface area contributed by atoms with Crippen LogP contribution in [0.4, 0.5) is 0 Å². The molecule has 1 aliphatic carbocycles. The third-order valence-corrected chi connectivity index (χ3v) is 3.85. The van der Waals surface area contributed by atoms with Crippen molar-refractivity contribution >= 4 is 0 Å². The number of rotatable bonds is 3. The predicted molar refractivity (Wildman–Crippen MR) is 59.7 cm³/mol. The molecule has 0 aliphatic heterocycles. The summed E-state index contributed by atoms with van der Waals surface area (Å²) < 4.78 is 0. The van der Waals surface area contributed by atoms with Gasteiger partial charge in [-0.1, -0.05) is 20.3 Å². The third-order valence-electron chi connectivity index (χ3n) is 3.85. The average molecular weight is 204 g/mol. The Bertz CT molecular complexity index is 284. The molecule has 0 aromatic carbocycles. The van der Waals surface area contributed by atoms with Gasteiger partial charge in [0, 0.05) is 12.3 Å². The normalized spacial score (nSPS) is 35.5. The van der Waals surface area contributed by atoms with Crippen molar-refractivity contribution < 1.29 is 0 Å². The van der Waals surface area contributed by atoms with Crippen molar-refractivity contribution in [2.45, 2.75) is 52.4 Å². The van der Waals surface area contributed by atoms with E-state index in [9.17, 15) is 0 Å². The SMILES string of the molecule is CCC1(CCC#N)CC(C)CC(C#N)C1. The first-order valence-corrected chi connectivity index (χ1v) is 5.92. The Labute approximate surface area is 92.9 Å². The van der Waals surface area contributed by atoms with Crippen LogP contribution < -0.4 is 0 Å². The molecular weight excluding hydrogens is 184 g/mol. The molecular formula is C13H20N2. The highest BCUT2D eigenvalue weighted by molar-refractivity contribution is 4.97. The minimum absolute atomic E-state index is 0.215. The van der Waals surface area contributed by atoms with Crippen molar-refractivity contribution in [3.63, 3.8) is 0 Å². The smallest absolute Gasteiger partial charge is 0.0656 e. The van der Waals surface area contributed by atoms with E-state index in [0.717, 1.165) is 25.7 Å². The van der Waals surface area contributed by atoms with Gasteiger partial charge in [-0.25, -0.2) is 0 Å². The highest BCUT2D eigenvalue weighted by Crippen LogP contribution is 2.47. The van der Waals surface area contributed by atoms with E-state index >= 15 is 0 Å². The quantitative estimate of drug-likeness (QED) is 0.704. The van der Waals surface area contributed by atoms with Gasteiger partial charge in [-0.05, 0) is 37.0 Å². The molecule has 1 rings (SSSR count). The second-order valence-electron chi connectivity index (χ2n) is 5.09. The van der Waals surface area contributed by atoms with Crippen LogP contribution in [0, 0.1) is 39.9 Å². The van der Waals surface area contributed by atoms with Gasteiger partial charge >= 0.3 is 0 Å². The first-order valence-electron chi connectivity index (χ1n) is 5.92. The number of hydrogen-bond acceptors (Lipinski definition) is 2. The van der Waals surface area contributed by atoms with Crippen LogP contribution in [0.1, 0.15) is 52.4 Å². The molecule has 3 atom stereocenters. The highest BCUT2D eigenvalue weighted by atomic mass is 14.4. The Kier molecular flexibility index (Phi) is 4.15. The first-order chi connectivity index (χ1) is 7.15. The lowest BCUT2D eigenvalue weighted by atomic mass is 9.63. The molecule has 82 valence electrons. The van der Waals surface area contributed by atoms with Crippen LogP contribution in [0.3, 0.4) is 0 Å². The summed E-state index contributed by atoms with van der Waals surface area (Å²) in [4.78, 5) is 0. The third kappa shape index (κ3) is 2.96. The summed E-state index contributed by atoms with van der Waals surface area (Å²) in [6, 6.07) is 4.66. The van der Waals surface area contributed by atoms with Gasteiger partial charge in [-0.15, -0.1) is 0 Å². The van der Waals surface area contributed by atoms with Crippen LogP contribution in [-0.4, -0.2) is 0 Å². The molecule has 0 radical (unpaired) electrons. The number of nitrogens with zero attached hydrogens (tertiary/aromatic N) is 2. The highest BCUT2D eigenvalue weighted by Gasteiger charge is 2.37. The lowest BCUT2D eigenvalue weighted by Crippen LogP contribution is -2.31. The summed E-state index contributed by atoms with van der Waals surface area (Å²) >= 11 is 0. The number of hydrogen-bond donors (Lipinski definition) is 0. The summed E-state index contributed by atoms with van der Waals surface area (Å²) in [5.74, 6) is 0.856. The van der Waals surface area contributed by atoms with E-state index in [1.54, 1.807) is 0 Å². The van der Waals surface area contributed by atoms with Crippen LogP contribution in [0.25, 0.3) is 0 Å². The van der Waals surface area contributed by atoms with Crippen molar-refractivity contribution in [2.75, 3.05) is 0 Å². The molecule has 0 aromatic heterocycles. The minimum Gasteiger partial charge on any atom is -0.198 e. The molecule has 0 bridgehead atoms. The standard InChI is InChI=1S/C13H20N2/c1-3-13(5-4-6-14)8-11(2)7-12(9-13)10-15/h11-12H,3-5,7-9H2,1-2H3. The maximum Gasteiger partial charge on any atom is 0.0656 e. The Morgan fingerprint density at radius 3 is 2.60 bits per heavy atom. The molecule has 1 aliphatic rings. The van der Waals surface area contributed by atoms with E-state index in [0.29, 0.717) is 12.3 Å². The van der Waals surface area contributed by atoms with Gasteiger partial charge in [0.15, 0.2) is 0 Å². The van der Waals surface area contributed by atoms with Crippen molar-refractivity contribution in [2.24, 2.45) is 17.3 Å². The zero-order chi connectivity index (χ0) is 11.3. The molecule has 0 amide bonds. The van der Waals surface area contributed by atoms with E-state index < -0.39 is 0 Å². The van der Waals surface area contributed by atoms with Gasteiger partial charge in [-0.3, -0.25) is 0 Å². The first kappa shape index (κ1) is 12.1. The fraction of sp³-hybridized carbons (Fsp3) is 0.846. The largest absolute Gasteiger partial charge is 0.198 e. The molecule has 0 spiro atoms. The van der Waals surface area contributed by atoms with Gasteiger partial charge in [0.1, 0.15) is 0 Å². The van der Waals surface area contributed by atoms with Gasteiger partial charge in [-0.2, -0.15) is 10.5 Å². The van der Waals surface area contributed by atoms with Crippen molar-refractivity contribution in [1.82, 2.24) is 0 Å². The van der Waals surface area contributed by atoms with Crippen LogP contribution in [0.2, 0.25) is 0 Å². The molecule has 1 fully saturated rings. The summed E-state index contributed by atoms with van der Waals surface area (Å²) in [5.41, 5.74) is 0.272. The molecule has 0 aromatic rings. The van der Waals surface area contributed by atoms with E-state index in [4.69, 9.17) is 10.5 Å². The maximum atomic E-state index is 9.05. The molecule has 3 unspecified atom stereocenters. The van der Waals surface area contributed by atoms with Crippen molar-refractivity contribution in [1.29, 1.82) is 10.5 Å². The molecule has 0 saturated heterocycles.